The number of pyridine rings is 2. The van der Waals surface area contributed by atoms with Crippen LogP contribution in [0.5, 0.6) is 23.5 Å². The van der Waals surface area contributed by atoms with Crippen molar-refractivity contribution in [3.63, 3.8) is 0 Å². The molecule has 0 bridgehead atoms. The third kappa shape index (κ3) is 12.8. The van der Waals surface area contributed by atoms with Gasteiger partial charge in [0.05, 0.1) is 70.1 Å². The number of rotatable bonds is 6. The number of nitrogens with one attached hydrogen (secondary N) is 4. The second kappa shape index (κ2) is 25.2. The van der Waals surface area contributed by atoms with Gasteiger partial charge in [0.15, 0.2) is 0 Å². The minimum absolute atomic E-state index is 0. The fraction of sp³-hybridized carbons (Fsp3) is 0.368. The third-order valence-corrected chi connectivity index (χ3v) is 17.2. The van der Waals surface area contributed by atoms with Crippen LogP contribution < -0.4 is 30.7 Å². The van der Waals surface area contributed by atoms with Gasteiger partial charge in [-0.15, -0.1) is 22.7 Å². The molecule has 11 heterocycles. The van der Waals surface area contributed by atoms with Gasteiger partial charge >= 0.3 is 7.12 Å². The number of ether oxygens (including phenoxy) is 4. The molecule has 0 aliphatic carbocycles. The van der Waals surface area contributed by atoms with Gasteiger partial charge in [0.2, 0.25) is 34.1 Å². The van der Waals surface area contributed by atoms with E-state index < -0.39 is 0 Å². The number of hydrogen-bond acceptors (Lipinski definition) is 18. The number of aromatic nitrogens is 6. The van der Waals surface area contributed by atoms with E-state index in [2.05, 4.69) is 95.9 Å². The lowest BCUT2D eigenvalue weighted by Gasteiger charge is -2.32. The highest BCUT2D eigenvalue weighted by molar-refractivity contribution is 9.10. The van der Waals surface area contributed by atoms with Crippen LogP contribution in [0.15, 0.2) is 83.0 Å². The summed E-state index contributed by atoms with van der Waals surface area (Å²) in [6, 6.07) is 15.4. The highest BCUT2D eigenvalue weighted by Gasteiger charge is 2.52. The smallest absolute Gasteiger partial charge is 0.420 e. The number of thiophene rings is 2. The third-order valence-electron chi connectivity index (χ3n) is 14.0. The Labute approximate surface area is 497 Å². The van der Waals surface area contributed by atoms with Crippen molar-refractivity contribution in [1.29, 1.82) is 0 Å². The predicted octanol–water partition coefficient (Wildman–Crippen LogP) is 13.9. The zero-order valence-electron chi connectivity index (χ0n) is 43.2. The van der Waals surface area contributed by atoms with E-state index in [9.17, 15) is 9.59 Å². The molecule has 0 unspecified atom stereocenters. The molecule has 18 nitrogen and oxygen atoms in total. The Kier molecular flexibility index (Phi) is 19.0. The maximum Gasteiger partial charge on any atom is 0.490 e. The molecule has 6 aromatic heterocycles. The second-order valence-corrected chi connectivity index (χ2v) is 23.7. The van der Waals surface area contributed by atoms with E-state index in [0.29, 0.717) is 64.8 Å². The number of nitrogens with zero attached hydrogens (tertiary/aromatic N) is 6. The lowest BCUT2D eigenvalue weighted by Crippen LogP contribution is -2.41. The largest absolute Gasteiger partial charge is 0.490 e. The van der Waals surface area contributed by atoms with Crippen LogP contribution in [0, 0.1) is 0 Å². The van der Waals surface area contributed by atoms with Crippen LogP contribution in [-0.2, 0) is 18.8 Å². The second-order valence-electron chi connectivity index (χ2n) is 20.0. The summed E-state index contributed by atoms with van der Waals surface area (Å²) in [5.74, 6) is 1.33. The lowest BCUT2D eigenvalue weighted by molar-refractivity contribution is 0.00578. The zero-order valence-corrected chi connectivity index (χ0v) is 47.9. The van der Waals surface area contributed by atoms with Crippen LogP contribution >= 0.6 is 61.8 Å². The van der Waals surface area contributed by atoms with Crippen LogP contribution in [0.3, 0.4) is 0 Å². The molecule has 13 rings (SSSR count). The number of carbonyl (C=O) groups is 2. The standard InChI is InChI=1S/C24H20ClN5O3S.C19H13BrClN5O2S.C11H19BO3.3CH4/c1-12-10-26-20-19-14-2-5-18(29-16(14)3-4-17(19)34-21(20)22(31)28-12)33-23-15(11-27-24(25)30-23)13-6-8-32-9-7-13;1-8-6-22-15-14-9-2-5-13(28-18-10(20)7-23-19(21)26-18)25-11(9)3-4-12(14)29-16(15)17(27)24-8;1-10(2)11(3,4)15-12(14-10)9-5-7-13-8-6-9;;;/h2-6,11-12,26H,7-10H2,1H3,(H,28,31);2-5,7-8,22H,6H2,1H3,(H,24,27);5H,6-8H2,1-4H3;3*1H4/t12-;8-;;;;/m11..../s1. The predicted molar refractivity (Wildman–Crippen MR) is 330 cm³/mol. The molecule has 2 amide bonds. The molecule has 2 aromatic carbocycles. The average molecular weight is 1240 g/mol. The van der Waals surface area contributed by atoms with E-state index in [0.717, 1.165) is 83.9 Å². The maximum absolute atomic E-state index is 12.7. The average Bonchev–Trinajstić information content (AvgIpc) is 4.24. The first-order valence-corrected chi connectivity index (χ1v) is 28.4. The monoisotopic (exact) mass is 1240 g/mol. The van der Waals surface area contributed by atoms with E-state index in [4.69, 9.17) is 56.4 Å². The first-order chi connectivity index (χ1) is 37.5. The summed E-state index contributed by atoms with van der Waals surface area (Å²) in [4.78, 5) is 52.3. The summed E-state index contributed by atoms with van der Waals surface area (Å²) in [7, 11) is -0.182. The molecule has 0 radical (unpaired) electrons. The fourth-order valence-electron chi connectivity index (χ4n) is 9.29. The minimum Gasteiger partial charge on any atom is -0.420 e. The van der Waals surface area contributed by atoms with Crippen molar-refractivity contribution < 1.29 is 37.8 Å². The Hall–Kier alpha value is -6.08. The van der Waals surface area contributed by atoms with Gasteiger partial charge in [-0.2, -0.15) is 9.97 Å². The summed E-state index contributed by atoms with van der Waals surface area (Å²) in [6.07, 6.45) is 8.92. The molecule has 1 saturated heterocycles. The van der Waals surface area contributed by atoms with E-state index in [1.54, 1.807) is 12.3 Å². The highest BCUT2D eigenvalue weighted by Crippen LogP contribution is 2.44. The van der Waals surface area contributed by atoms with Gasteiger partial charge < -0.3 is 49.5 Å². The normalized spacial score (nSPS) is 18.8. The Morgan fingerprint density at radius 1 is 0.654 bits per heavy atom. The number of hydrogen-bond donors (Lipinski definition) is 4. The molecule has 81 heavy (non-hydrogen) atoms. The van der Waals surface area contributed by atoms with Gasteiger partial charge in [-0.3, -0.25) is 9.59 Å². The van der Waals surface area contributed by atoms with Crippen LogP contribution in [0.2, 0.25) is 10.6 Å². The molecule has 5 aliphatic heterocycles. The Bertz CT molecular complexity index is 3730. The number of benzene rings is 2. The van der Waals surface area contributed by atoms with Crippen molar-refractivity contribution in [3.05, 3.63) is 109 Å². The Balaban J connectivity index is 0.000000167. The van der Waals surface area contributed by atoms with Crippen LogP contribution in [0.4, 0.5) is 11.4 Å². The lowest BCUT2D eigenvalue weighted by atomic mass is 9.75. The van der Waals surface area contributed by atoms with Gasteiger partial charge in [-0.05, 0) is 141 Å². The van der Waals surface area contributed by atoms with E-state index in [1.165, 1.54) is 34.3 Å². The molecular weight excluding hydrogens is 1180 g/mol. The van der Waals surface area contributed by atoms with Gasteiger partial charge in [0.1, 0.15) is 9.75 Å². The van der Waals surface area contributed by atoms with Crippen molar-refractivity contribution in [2.75, 3.05) is 50.2 Å². The van der Waals surface area contributed by atoms with Gasteiger partial charge in [-0.1, -0.05) is 34.4 Å². The summed E-state index contributed by atoms with van der Waals surface area (Å²) in [5, 5.41) is 17.0. The number of carbonyl (C=O) groups excluding carboxylic acids is 2. The van der Waals surface area contributed by atoms with Crippen LogP contribution in [0.1, 0.15) is 102 Å². The number of halogens is 3. The summed E-state index contributed by atoms with van der Waals surface area (Å²) >= 11 is 18.2. The van der Waals surface area contributed by atoms with Crippen molar-refractivity contribution in [2.24, 2.45) is 0 Å². The van der Waals surface area contributed by atoms with Gasteiger partial charge in [-0.25, -0.2) is 19.9 Å². The number of anilines is 2. The Morgan fingerprint density at radius 2 is 1.15 bits per heavy atom. The molecule has 5 aliphatic rings. The molecule has 0 saturated carbocycles. The van der Waals surface area contributed by atoms with Crippen molar-refractivity contribution in [1.82, 2.24) is 40.5 Å². The number of fused-ring (bicyclic) bond motifs is 10. The van der Waals surface area contributed by atoms with Gasteiger partial charge in [0.25, 0.3) is 11.8 Å². The minimum atomic E-state index is -0.239. The van der Waals surface area contributed by atoms with E-state index in [1.807, 2.05) is 62.4 Å². The summed E-state index contributed by atoms with van der Waals surface area (Å²) < 4.78 is 37.1. The van der Waals surface area contributed by atoms with Crippen LogP contribution in [0.25, 0.3) is 47.6 Å². The summed E-state index contributed by atoms with van der Waals surface area (Å²) in [5.41, 5.74) is 5.81. The summed E-state index contributed by atoms with van der Waals surface area (Å²) in [6.45, 7) is 16.2. The topological polar surface area (TPSA) is 215 Å². The maximum atomic E-state index is 12.7. The number of amides is 2. The highest BCUT2D eigenvalue weighted by atomic mass is 79.9. The molecule has 8 aromatic rings. The molecular formula is C57H64BBrCl2N10O8S2. The molecule has 0 spiro atoms. The quantitative estimate of drug-likeness (QED) is 0.0900. The van der Waals surface area contributed by atoms with Gasteiger partial charge in [0, 0.05) is 80.6 Å². The van der Waals surface area contributed by atoms with E-state index in [-0.39, 0.29) is 80.9 Å². The Morgan fingerprint density at radius 3 is 1.65 bits per heavy atom. The first kappa shape index (κ1) is 61.0. The van der Waals surface area contributed by atoms with Crippen molar-refractivity contribution in [2.45, 2.75) is 99.9 Å². The first-order valence-electron chi connectivity index (χ1n) is 25.3. The fourth-order valence-corrected chi connectivity index (χ4v) is 12.0. The zero-order chi connectivity index (χ0) is 54.5. The molecule has 426 valence electrons. The van der Waals surface area contributed by atoms with Crippen LogP contribution in [-0.4, -0.2) is 112 Å². The molecule has 1 fully saturated rings. The molecule has 4 N–H and O–H groups in total. The van der Waals surface area contributed by atoms with E-state index >= 15 is 0 Å². The SMILES string of the molecule is C.C.C.CC1(C)OB(C2=CCOCC2)OC1(C)C.C[C@@H]1CNc2c(sc3ccc4nc(Oc5nc(Cl)ncc5Br)ccc4c23)C(=O)N1.C[C@@H]1CNc2c(sc3ccc4nc(Oc5nc(Cl)ncc5C5=CCOCC5)ccc4c23)C(=O)N1. The van der Waals surface area contributed by atoms with Crippen molar-refractivity contribution >= 4 is 140 Å². The molecule has 24 heteroatoms. The van der Waals surface area contributed by atoms with Crippen molar-refractivity contribution in [3.8, 4) is 23.5 Å². The molecule has 2 atom stereocenters.